The normalized spacial score (nSPS) is 18.1. The Kier molecular flexibility index (Phi) is 6.56. The van der Waals surface area contributed by atoms with Gasteiger partial charge in [-0.2, -0.15) is 0 Å². The number of carbonyl (C=O) groups excluding carboxylic acids is 3. The molecule has 1 aliphatic heterocycles. The van der Waals surface area contributed by atoms with Gasteiger partial charge in [0.05, 0.1) is 11.1 Å². The lowest BCUT2D eigenvalue weighted by Gasteiger charge is -2.20. The Hall–Kier alpha value is -1.67. The first kappa shape index (κ1) is 18.7. The second-order valence-corrected chi connectivity index (χ2v) is 6.46. The average molecular weight is 462 g/mol. The maximum absolute atomic E-state index is 12.4. The quantitative estimate of drug-likeness (QED) is 0.368. The Morgan fingerprint density at radius 2 is 1.79 bits per heavy atom. The van der Waals surface area contributed by atoms with Gasteiger partial charge in [0.15, 0.2) is 12.0 Å². The number of benzene rings is 1. The zero-order valence-electron chi connectivity index (χ0n) is 12.7. The molecular weight excluding hydrogens is 448 g/mol. The summed E-state index contributed by atoms with van der Waals surface area (Å²) in [4.78, 5) is 36.2. The molecule has 0 fully saturated rings. The Morgan fingerprint density at radius 1 is 1.17 bits per heavy atom. The van der Waals surface area contributed by atoms with E-state index in [2.05, 4.69) is 31.9 Å². The SMILES string of the molecule is CCOC(=O)C(C(=O)OCc1ccccc1)C1OC(=O)C(Br)=C1Br. The number of hydrogen-bond acceptors (Lipinski definition) is 6. The van der Waals surface area contributed by atoms with Crippen LogP contribution in [-0.2, 0) is 35.2 Å². The highest BCUT2D eigenvalue weighted by Crippen LogP contribution is 2.36. The van der Waals surface area contributed by atoms with Gasteiger partial charge in [-0.25, -0.2) is 4.79 Å². The summed E-state index contributed by atoms with van der Waals surface area (Å²) in [6.45, 7) is 1.70. The first-order valence-corrected chi connectivity index (χ1v) is 8.67. The molecule has 0 bridgehead atoms. The van der Waals surface area contributed by atoms with Crippen LogP contribution in [0.25, 0.3) is 0 Å². The van der Waals surface area contributed by atoms with Crippen LogP contribution >= 0.6 is 31.9 Å². The van der Waals surface area contributed by atoms with E-state index in [1.165, 1.54) is 0 Å². The van der Waals surface area contributed by atoms with Crippen molar-refractivity contribution in [1.82, 2.24) is 0 Å². The molecule has 8 heteroatoms. The molecule has 1 aromatic rings. The Labute approximate surface area is 155 Å². The van der Waals surface area contributed by atoms with Crippen molar-refractivity contribution in [2.75, 3.05) is 6.61 Å². The summed E-state index contributed by atoms with van der Waals surface area (Å²) in [6, 6.07) is 9.02. The van der Waals surface area contributed by atoms with Gasteiger partial charge in [-0.15, -0.1) is 0 Å². The van der Waals surface area contributed by atoms with Crippen molar-refractivity contribution in [1.29, 1.82) is 0 Å². The Bertz CT molecular complexity index is 670. The highest BCUT2D eigenvalue weighted by Gasteiger charge is 2.46. The lowest BCUT2D eigenvalue weighted by molar-refractivity contribution is -0.169. The second-order valence-electron chi connectivity index (χ2n) is 4.81. The molecule has 24 heavy (non-hydrogen) atoms. The van der Waals surface area contributed by atoms with Crippen molar-refractivity contribution >= 4 is 49.8 Å². The fourth-order valence-electron chi connectivity index (χ4n) is 2.05. The van der Waals surface area contributed by atoms with E-state index in [9.17, 15) is 14.4 Å². The molecule has 128 valence electrons. The number of esters is 3. The van der Waals surface area contributed by atoms with Gasteiger partial charge in [0.2, 0.25) is 0 Å². The smallest absolute Gasteiger partial charge is 0.346 e. The fourth-order valence-corrected chi connectivity index (χ4v) is 2.89. The van der Waals surface area contributed by atoms with Crippen molar-refractivity contribution in [2.45, 2.75) is 19.6 Å². The molecule has 2 atom stereocenters. The summed E-state index contributed by atoms with van der Waals surface area (Å²) in [6.07, 6.45) is -1.12. The van der Waals surface area contributed by atoms with Crippen LogP contribution in [0.15, 0.2) is 39.3 Å². The zero-order chi connectivity index (χ0) is 17.7. The largest absolute Gasteiger partial charge is 0.465 e. The summed E-state index contributed by atoms with van der Waals surface area (Å²) in [7, 11) is 0. The molecule has 0 radical (unpaired) electrons. The Balaban J connectivity index is 2.15. The number of halogens is 2. The molecule has 1 heterocycles. The van der Waals surface area contributed by atoms with Gasteiger partial charge in [-0.3, -0.25) is 9.59 Å². The molecule has 0 spiro atoms. The topological polar surface area (TPSA) is 78.9 Å². The number of cyclic esters (lactones) is 1. The summed E-state index contributed by atoms with van der Waals surface area (Å²) >= 11 is 6.21. The predicted molar refractivity (Wildman–Crippen MR) is 91.1 cm³/mol. The van der Waals surface area contributed by atoms with Gasteiger partial charge in [0, 0.05) is 0 Å². The van der Waals surface area contributed by atoms with E-state index < -0.39 is 29.9 Å². The zero-order valence-corrected chi connectivity index (χ0v) is 15.8. The van der Waals surface area contributed by atoms with Crippen LogP contribution in [0.3, 0.4) is 0 Å². The lowest BCUT2D eigenvalue weighted by Crippen LogP contribution is -2.38. The molecule has 0 aliphatic carbocycles. The molecule has 6 nitrogen and oxygen atoms in total. The van der Waals surface area contributed by atoms with E-state index in [0.29, 0.717) is 0 Å². The summed E-state index contributed by atoms with van der Waals surface area (Å²) in [5.41, 5.74) is 0.771. The molecule has 0 amide bonds. The molecule has 0 saturated heterocycles. The molecule has 0 N–H and O–H groups in total. The maximum Gasteiger partial charge on any atom is 0.346 e. The van der Waals surface area contributed by atoms with E-state index in [0.717, 1.165) is 5.56 Å². The molecule has 0 saturated carbocycles. The van der Waals surface area contributed by atoms with E-state index in [-0.39, 0.29) is 22.2 Å². The highest BCUT2D eigenvalue weighted by atomic mass is 79.9. The minimum Gasteiger partial charge on any atom is -0.465 e. The third-order valence-corrected chi connectivity index (χ3v) is 5.32. The third-order valence-electron chi connectivity index (χ3n) is 3.19. The van der Waals surface area contributed by atoms with Gasteiger partial charge in [0.1, 0.15) is 11.1 Å². The Morgan fingerprint density at radius 3 is 2.33 bits per heavy atom. The van der Waals surface area contributed by atoms with Crippen molar-refractivity contribution in [2.24, 2.45) is 5.92 Å². The number of ether oxygens (including phenoxy) is 3. The van der Waals surface area contributed by atoms with Crippen LogP contribution in [-0.4, -0.2) is 30.6 Å². The van der Waals surface area contributed by atoms with E-state index >= 15 is 0 Å². The molecule has 2 unspecified atom stereocenters. The van der Waals surface area contributed by atoms with Crippen LogP contribution in [0.2, 0.25) is 0 Å². The second kappa shape index (κ2) is 8.43. The van der Waals surface area contributed by atoms with Crippen LogP contribution in [0.5, 0.6) is 0 Å². The first-order valence-electron chi connectivity index (χ1n) is 7.09. The van der Waals surface area contributed by atoms with Crippen molar-refractivity contribution in [3.05, 3.63) is 44.9 Å². The lowest BCUT2D eigenvalue weighted by atomic mass is 10.0. The maximum atomic E-state index is 12.4. The van der Waals surface area contributed by atoms with Crippen LogP contribution in [0, 0.1) is 5.92 Å². The highest BCUT2D eigenvalue weighted by molar-refractivity contribution is 9.14. The predicted octanol–water partition coefficient (Wildman–Crippen LogP) is 2.84. The summed E-state index contributed by atoms with van der Waals surface area (Å²) < 4.78 is 15.6. The minimum atomic E-state index is -1.40. The van der Waals surface area contributed by atoms with Crippen LogP contribution < -0.4 is 0 Å². The number of hydrogen-bond donors (Lipinski definition) is 0. The van der Waals surface area contributed by atoms with Gasteiger partial charge < -0.3 is 14.2 Å². The monoisotopic (exact) mass is 460 g/mol. The van der Waals surface area contributed by atoms with E-state index in [4.69, 9.17) is 14.2 Å². The third kappa shape index (κ3) is 4.24. The average Bonchev–Trinajstić information content (AvgIpc) is 2.82. The fraction of sp³-hybridized carbons (Fsp3) is 0.312. The molecular formula is C16H14Br2O6. The molecule has 1 aromatic carbocycles. The minimum absolute atomic E-state index is 0.00124. The molecule has 0 aromatic heterocycles. The standard InChI is InChI=1S/C16H14Br2O6/c1-2-22-14(19)10(13-11(17)12(18)16(21)24-13)15(20)23-8-9-6-4-3-5-7-9/h3-7,10,13H,2,8H2,1H3. The summed E-state index contributed by atoms with van der Waals surface area (Å²) in [5, 5.41) is 0. The molecule has 2 rings (SSSR count). The van der Waals surface area contributed by atoms with E-state index in [1.807, 2.05) is 6.07 Å². The summed E-state index contributed by atoms with van der Waals surface area (Å²) in [5.74, 6) is -3.71. The van der Waals surface area contributed by atoms with Crippen LogP contribution in [0.4, 0.5) is 0 Å². The van der Waals surface area contributed by atoms with Crippen molar-refractivity contribution in [3.8, 4) is 0 Å². The van der Waals surface area contributed by atoms with Crippen molar-refractivity contribution < 1.29 is 28.6 Å². The molecule has 1 aliphatic rings. The van der Waals surface area contributed by atoms with E-state index in [1.54, 1.807) is 31.2 Å². The number of rotatable bonds is 6. The van der Waals surface area contributed by atoms with Gasteiger partial charge >= 0.3 is 17.9 Å². The van der Waals surface area contributed by atoms with Gasteiger partial charge in [-0.1, -0.05) is 46.3 Å². The van der Waals surface area contributed by atoms with Gasteiger partial charge in [-0.05, 0) is 28.4 Å². The number of carbonyl (C=O) groups is 3. The van der Waals surface area contributed by atoms with Crippen LogP contribution in [0.1, 0.15) is 12.5 Å². The van der Waals surface area contributed by atoms with Gasteiger partial charge in [0.25, 0.3) is 0 Å². The van der Waals surface area contributed by atoms with Crippen molar-refractivity contribution in [3.63, 3.8) is 0 Å². The first-order chi connectivity index (χ1) is 11.5.